The molecule has 0 fully saturated rings. The molecule has 0 spiro atoms. The van der Waals surface area contributed by atoms with Gasteiger partial charge in [0.05, 0.1) is 21.1 Å². The molecule has 0 aliphatic heterocycles. The largest absolute Gasteiger partial charge is 0.454 e. The van der Waals surface area contributed by atoms with Gasteiger partial charge in [-0.3, -0.25) is 14.5 Å². The lowest BCUT2D eigenvalue weighted by atomic mass is 10.1. The van der Waals surface area contributed by atoms with Gasteiger partial charge in [-0.2, -0.15) is 0 Å². The van der Waals surface area contributed by atoms with Crippen molar-refractivity contribution in [1.82, 2.24) is 4.98 Å². The molecule has 30 heavy (non-hydrogen) atoms. The van der Waals surface area contributed by atoms with Gasteiger partial charge in [0, 0.05) is 23.5 Å². The second-order valence-electron chi connectivity index (χ2n) is 5.77. The Hall–Kier alpha value is -2.61. The molecule has 0 unspecified atom stereocenters. The highest BCUT2D eigenvalue weighted by atomic mass is 35.5. The van der Waals surface area contributed by atoms with E-state index in [-0.39, 0.29) is 21.5 Å². The molecule has 3 aromatic rings. The van der Waals surface area contributed by atoms with E-state index in [0.717, 1.165) is 0 Å². The van der Waals surface area contributed by atoms with E-state index in [2.05, 4.69) is 9.71 Å². The summed E-state index contributed by atoms with van der Waals surface area (Å²) in [6.07, 6.45) is 2.92. The lowest BCUT2D eigenvalue weighted by Gasteiger charge is -2.11. The number of anilines is 1. The molecule has 3 rings (SSSR count). The zero-order chi connectivity index (χ0) is 22.3. The summed E-state index contributed by atoms with van der Waals surface area (Å²) in [4.78, 5) is 15.2. The quantitative estimate of drug-likeness (QED) is 0.436. The van der Waals surface area contributed by atoms with Crippen LogP contribution in [0.25, 0.3) is 0 Å². The molecule has 0 aliphatic rings. The van der Waals surface area contributed by atoms with Gasteiger partial charge in [0.1, 0.15) is 11.5 Å². The fraction of sp³-hybridized carbons (Fsp3) is 0.143. The summed E-state index contributed by atoms with van der Waals surface area (Å²) >= 11 is 12.0. The number of hydrogen-bond acceptors (Lipinski definition) is 5. The van der Waals surface area contributed by atoms with Crippen molar-refractivity contribution in [3.8, 4) is 11.5 Å². The van der Waals surface area contributed by atoms with E-state index in [1.807, 2.05) is 13.8 Å². The van der Waals surface area contributed by atoms with Crippen LogP contribution in [0.4, 0.5) is 5.69 Å². The zero-order valence-electron chi connectivity index (χ0n) is 16.5. The van der Waals surface area contributed by atoms with E-state index in [0.29, 0.717) is 22.0 Å². The Balaban J connectivity index is 0.00000155. The Labute approximate surface area is 185 Å². The molecule has 0 radical (unpaired) electrons. The number of ether oxygens (including phenoxy) is 1. The third-order valence-electron chi connectivity index (χ3n) is 3.66. The maximum Gasteiger partial charge on any atom is 0.261 e. The van der Waals surface area contributed by atoms with Gasteiger partial charge in [-0.05, 0) is 49.4 Å². The summed E-state index contributed by atoms with van der Waals surface area (Å²) in [5, 5.41) is 0.502. The van der Waals surface area contributed by atoms with Crippen LogP contribution in [-0.4, -0.2) is 19.2 Å². The molecule has 0 aliphatic carbocycles. The maximum absolute atomic E-state index is 12.6. The molecule has 2 aromatic carbocycles. The first-order valence-electron chi connectivity index (χ1n) is 8.96. The molecule has 0 bridgehead atoms. The molecule has 0 saturated heterocycles. The fourth-order valence-electron chi connectivity index (χ4n) is 2.29. The number of rotatable bonds is 6. The minimum atomic E-state index is -3.87. The molecule has 1 aromatic heterocycles. The number of nitrogens with zero attached hydrogens (tertiary/aromatic N) is 1. The first-order chi connectivity index (χ1) is 14.2. The highest BCUT2D eigenvalue weighted by Gasteiger charge is 2.17. The van der Waals surface area contributed by atoms with Crippen molar-refractivity contribution < 1.29 is 17.9 Å². The number of pyridine rings is 1. The third-order valence-corrected chi connectivity index (χ3v) is 5.55. The van der Waals surface area contributed by atoms with Gasteiger partial charge >= 0.3 is 0 Å². The molecule has 0 atom stereocenters. The van der Waals surface area contributed by atoms with Crippen LogP contribution in [0.5, 0.6) is 11.5 Å². The summed E-state index contributed by atoms with van der Waals surface area (Å²) in [5.74, 6) is 0.524. The van der Waals surface area contributed by atoms with E-state index < -0.39 is 10.0 Å². The Morgan fingerprint density at radius 2 is 1.67 bits per heavy atom. The SMILES string of the molecule is CC.CC(=O)c1ccc(NS(=O)(=O)c2ccc(Oc3cncc(Cl)c3)c(Cl)c2)cc1. The van der Waals surface area contributed by atoms with Gasteiger partial charge in [-0.1, -0.05) is 37.0 Å². The van der Waals surface area contributed by atoms with Crippen LogP contribution in [0.3, 0.4) is 0 Å². The number of nitrogens with one attached hydrogen (secondary N) is 1. The average Bonchev–Trinajstić information content (AvgIpc) is 2.71. The molecular weight excluding hydrogens is 447 g/mol. The van der Waals surface area contributed by atoms with Crippen LogP contribution in [-0.2, 0) is 10.0 Å². The summed E-state index contributed by atoms with van der Waals surface area (Å²) in [5.41, 5.74) is 0.814. The van der Waals surface area contributed by atoms with Gasteiger partial charge in [0.15, 0.2) is 5.78 Å². The molecule has 1 N–H and O–H groups in total. The molecule has 0 saturated carbocycles. The van der Waals surface area contributed by atoms with Gasteiger partial charge in [-0.15, -0.1) is 0 Å². The van der Waals surface area contributed by atoms with Crippen LogP contribution < -0.4 is 9.46 Å². The van der Waals surface area contributed by atoms with Crippen LogP contribution >= 0.6 is 23.2 Å². The number of carbonyl (C=O) groups excluding carboxylic acids is 1. The lowest BCUT2D eigenvalue weighted by molar-refractivity contribution is 0.101. The van der Waals surface area contributed by atoms with Crippen molar-refractivity contribution >= 4 is 44.7 Å². The van der Waals surface area contributed by atoms with Gasteiger partial charge in [0.2, 0.25) is 0 Å². The van der Waals surface area contributed by atoms with Crippen LogP contribution in [0.15, 0.2) is 65.8 Å². The minimum absolute atomic E-state index is 0.0373. The lowest BCUT2D eigenvalue weighted by Crippen LogP contribution is -2.13. The fourth-order valence-corrected chi connectivity index (χ4v) is 3.83. The van der Waals surface area contributed by atoms with Crippen molar-refractivity contribution in [3.05, 3.63) is 76.5 Å². The molecule has 6 nitrogen and oxygen atoms in total. The monoisotopic (exact) mass is 466 g/mol. The Morgan fingerprint density at radius 3 is 2.23 bits per heavy atom. The Kier molecular flexibility index (Phi) is 8.23. The molecule has 1 heterocycles. The van der Waals surface area contributed by atoms with Crippen LogP contribution in [0.1, 0.15) is 31.1 Å². The molecule has 0 amide bonds. The van der Waals surface area contributed by atoms with Crippen LogP contribution in [0.2, 0.25) is 10.0 Å². The van der Waals surface area contributed by atoms with E-state index in [9.17, 15) is 13.2 Å². The maximum atomic E-state index is 12.6. The average molecular weight is 467 g/mol. The van der Waals surface area contributed by atoms with E-state index >= 15 is 0 Å². The Bertz CT molecular complexity index is 1130. The Morgan fingerprint density at radius 1 is 1.00 bits per heavy atom. The molecule has 9 heteroatoms. The summed E-state index contributed by atoms with van der Waals surface area (Å²) in [7, 11) is -3.87. The highest BCUT2D eigenvalue weighted by molar-refractivity contribution is 7.92. The minimum Gasteiger partial charge on any atom is -0.454 e. The molecule has 158 valence electrons. The number of Topliss-reactive ketones (excluding diaryl/α,β-unsaturated/α-hetero) is 1. The standard InChI is InChI=1S/C19H14Cl2N2O4S.C2H6/c1-12(24)13-2-4-15(5-3-13)23-28(25,26)17-6-7-19(18(21)9-17)27-16-8-14(20)10-22-11-16;1-2/h2-11,23H,1H3;1-2H3. The predicted molar refractivity (Wildman–Crippen MR) is 119 cm³/mol. The van der Waals surface area contributed by atoms with E-state index in [1.54, 1.807) is 18.2 Å². The van der Waals surface area contributed by atoms with Crippen molar-refractivity contribution in [2.75, 3.05) is 4.72 Å². The van der Waals surface area contributed by atoms with Crippen molar-refractivity contribution in [1.29, 1.82) is 0 Å². The number of ketones is 1. The predicted octanol–water partition coefficient (Wildman–Crippen LogP) is 6.21. The first-order valence-corrected chi connectivity index (χ1v) is 11.2. The molecular formula is C21H20Cl2N2O4S. The van der Waals surface area contributed by atoms with Crippen molar-refractivity contribution in [2.24, 2.45) is 0 Å². The van der Waals surface area contributed by atoms with Crippen LogP contribution in [0, 0.1) is 0 Å². The number of hydrogen-bond donors (Lipinski definition) is 1. The summed E-state index contributed by atoms with van der Waals surface area (Å²) in [6, 6.07) is 11.8. The van der Waals surface area contributed by atoms with E-state index in [4.69, 9.17) is 27.9 Å². The zero-order valence-corrected chi connectivity index (χ0v) is 18.8. The number of halogens is 2. The van der Waals surface area contributed by atoms with Crippen molar-refractivity contribution in [3.63, 3.8) is 0 Å². The smallest absolute Gasteiger partial charge is 0.261 e. The normalized spacial score (nSPS) is 10.6. The highest BCUT2D eigenvalue weighted by Crippen LogP contribution is 2.32. The van der Waals surface area contributed by atoms with Crippen molar-refractivity contribution in [2.45, 2.75) is 25.7 Å². The topological polar surface area (TPSA) is 85.4 Å². The number of carbonyl (C=O) groups is 1. The summed E-state index contributed by atoms with van der Waals surface area (Å²) < 4.78 is 33.2. The number of sulfonamides is 1. The first kappa shape index (κ1) is 23.7. The van der Waals surface area contributed by atoms with Gasteiger partial charge in [0.25, 0.3) is 10.0 Å². The summed E-state index contributed by atoms with van der Waals surface area (Å²) in [6.45, 7) is 5.43. The van der Waals surface area contributed by atoms with E-state index in [1.165, 1.54) is 49.6 Å². The second-order valence-corrected chi connectivity index (χ2v) is 8.30. The van der Waals surface area contributed by atoms with Gasteiger partial charge < -0.3 is 4.74 Å². The number of benzene rings is 2. The number of aromatic nitrogens is 1. The second kappa shape index (κ2) is 10.4. The third kappa shape index (κ3) is 6.19. The van der Waals surface area contributed by atoms with Gasteiger partial charge in [-0.25, -0.2) is 8.42 Å².